The molecule has 0 unspecified atom stereocenters. The van der Waals surface area contributed by atoms with Crippen LogP contribution in [-0.2, 0) is 4.74 Å². The van der Waals surface area contributed by atoms with Crippen LogP contribution in [0, 0.1) is 0 Å². The second-order valence-electron chi connectivity index (χ2n) is 4.03. The lowest BCUT2D eigenvalue weighted by atomic mass is 10.1. The molecule has 2 aromatic carbocycles. The average Bonchev–Trinajstić information content (AvgIpc) is 2.90. The van der Waals surface area contributed by atoms with Crippen LogP contribution < -0.4 is 0 Å². The smallest absolute Gasteiger partial charge is 0.216 e. The number of rotatable bonds is 2. The Morgan fingerprint density at radius 2 is 1.53 bits per heavy atom. The van der Waals surface area contributed by atoms with Gasteiger partial charge in [0, 0.05) is 5.56 Å². The summed E-state index contributed by atoms with van der Waals surface area (Å²) in [5.74, 6) is 0.749. The van der Waals surface area contributed by atoms with Gasteiger partial charge in [-0.3, -0.25) is 0 Å². The zero-order valence-electron chi connectivity index (χ0n) is 9.41. The minimum absolute atomic E-state index is 0.0615. The van der Waals surface area contributed by atoms with E-state index in [0.29, 0.717) is 6.54 Å². The largest absolute Gasteiger partial charge is 0.467 e. The lowest BCUT2D eigenvalue weighted by Crippen LogP contribution is -2.05. The lowest BCUT2D eigenvalue weighted by molar-refractivity contribution is 0.230. The van der Waals surface area contributed by atoms with Gasteiger partial charge in [-0.2, -0.15) is 0 Å². The molecular formula is C15H13NO. The first-order valence-electron chi connectivity index (χ1n) is 5.75. The molecule has 0 spiro atoms. The molecule has 1 aliphatic rings. The number of aliphatic imine (C=N–C) groups is 1. The molecule has 3 rings (SSSR count). The van der Waals surface area contributed by atoms with Crippen molar-refractivity contribution in [2.75, 3.05) is 6.54 Å². The number of hydrogen-bond acceptors (Lipinski definition) is 2. The van der Waals surface area contributed by atoms with Crippen molar-refractivity contribution in [1.82, 2.24) is 0 Å². The average molecular weight is 223 g/mol. The number of ether oxygens (including phenoxy) is 1. The molecular weight excluding hydrogens is 210 g/mol. The Labute approximate surface area is 101 Å². The summed E-state index contributed by atoms with van der Waals surface area (Å²) in [5.41, 5.74) is 2.23. The Morgan fingerprint density at radius 1 is 0.882 bits per heavy atom. The van der Waals surface area contributed by atoms with Crippen molar-refractivity contribution in [2.24, 2.45) is 4.99 Å². The minimum Gasteiger partial charge on any atom is -0.467 e. The number of benzene rings is 2. The third kappa shape index (κ3) is 2.07. The van der Waals surface area contributed by atoms with Crippen molar-refractivity contribution >= 4 is 5.90 Å². The third-order valence-corrected chi connectivity index (χ3v) is 2.85. The second-order valence-corrected chi connectivity index (χ2v) is 4.03. The molecule has 2 aromatic rings. The Balaban J connectivity index is 1.78. The van der Waals surface area contributed by atoms with Crippen molar-refractivity contribution in [2.45, 2.75) is 6.10 Å². The van der Waals surface area contributed by atoms with E-state index in [-0.39, 0.29) is 6.10 Å². The first kappa shape index (κ1) is 10.1. The topological polar surface area (TPSA) is 21.6 Å². The van der Waals surface area contributed by atoms with Gasteiger partial charge >= 0.3 is 0 Å². The van der Waals surface area contributed by atoms with Gasteiger partial charge in [0.15, 0.2) is 0 Å². The summed E-state index contributed by atoms with van der Waals surface area (Å²) >= 11 is 0. The molecule has 2 heteroatoms. The van der Waals surface area contributed by atoms with Crippen LogP contribution in [0.15, 0.2) is 65.7 Å². The fourth-order valence-corrected chi connectivity index (χ4v) is 1.96. The summed E-state index contributed by atoms with van der Waals surface area (Å²) in [4.78, 5) is 4.46. The molecule has 2 nitrogen and oxygen atoms in total. The maximum absolute atomic E-state index is 5.88. The van der Waals surface area contributed by atoms with E-state index >= 15 is 0 Å². The van der Waals surface area contributed by atoms with E-state index in [1.54, 1.807) is 0 Å². The fraction of sp³-hybridized carbons (Fsp3) is 0.133. The molecule has 0 bridgehead atoms. The van der Waals surface area contributed by atoms with Gasteiger partial charge in [-0.1, -0.05) is 48.5 Å². The monoisotopic (exact) mass is 223 g/mol. The zero-order valence-corrected chi connectivity index (χ0v) is 9.41. The Morgan fingerprint density at radius 3 is 2.24 bits per heavy atom. The van der Waals surface area contributed by atoms with E-state index in [1.165, 1.54) is 5.56 Å². The molecule has 0 fully saturated rings. The van der Waals surface area contributed by atoms with Crippen LogP contribution in [0.2, 0.25) is 0 Å². The molecule has 0 saturated carbocycles. The van der Waals surface area contributed by atoms with Crippen LogP contribution >= 0.6 is 0 Å². The summed E-state index contributed by atoms with van der Waals surface area (Å²) < 4.78 is 5.88. The number of hydrogen-bond donors (Lipinski definition) is 0. The van der Waals surface area contributed by atoms with Crippen molar-refractivity contribution in [3.63, 3.8) is 0 Å². The summed E-state index contributed by atoms with van der Waals surface area (Å²) in [5, 5.41) is 0. The Kier molecular flexibility index (Phi) is 2.62. The maximum atomic E-state index is 5.88. The van der Waals surface area contributed by atoms with Gasteiger partial charge in [0.25, 0.3) is 0 Å². The Hall–Kier alpha value is -2.09. The summed E-state index contributed by atoms with van der Waals surface area (Å²) in [6.07, 6.45) is 0.0615. The van der Waals surface area contributed by atoms with Gasteiger partial charge in [-0.25, -0.2) is 4.99 Å². The maximum Gasteiger partial charge on any atom is 0.216 e. The van der Waals surface area contributed by atoms with Crippen molar-refractivity contribution in [3.8, 4) is 0 Å². The van der Waals surface area contributed by atoms with Gasteiger partial charge in [0.2, 0.25) is 5.90 Å². The fourth-order valence-electron chi connectivity index (χ4n) is 1.96. The lowest BCUT2D eigenvalue weighted by Gasteiger charge is -2.11. The zero-order chi connectivity index (χ0) is 11.5. The quantitative estimate of drug-likeness (QED) is 0.766. The van der Waals surface area contributed by atoms with E-state index in [4.69, 9.17) is 4.74 Å². The van der Waals surface area contributed by atoms with Gasteiger partial charge in [0.05, 0.1) is 6.54 Å². The molecule has 0 aliphatic carbocycles. The van der Waals surface area contributed by atoms with Crippen LogP contribution in [0.3, 0.4) is 0 Å². The van der Waals surface area contributed by atoms with Gasteiger partial charge in [0.1, 0.15) is 6.10 Å². The highest BCUT2D eigenvalue weighted by atomic mass is 16.5. The molecule has 1 heterocycles. The summed E-state index contributed by atoms with van der Waals surface area (Å²) in [6.45, 7) is 0.703. The molecule has 1 aliphatic heterocycles. The predicted octanol–water partition coefficient (Wildman–Crippen LogP) is 3.20. The van der Waals surface area contributed by atoms with Crippen LogP contribution in [0.4, 0.5) is 0 Å². The highest BCUT2D eigenvalue weighted by Crippen LogP contribution is 2.24. The van der Waals surface area contributed by atoms with E-state index in [1.807, 2.05) is 48.5 Å². The highest BCUT2D eigenvalue weighted by Gasteiger charge is 2.21. The van der Waals surface area contributed by atoms with E-state index < -0.39 is 0 Å². The van der Waals surface area contributed by atoms with Gasteiger partial charge in [-0.15, -0.1) is 0 Å². The van der Waals surface area contributed by atoms with Crippen LogP contribution in [0.25, 0.3) is 0 Å². The molecule has 17 heavy (non-hydrogen) atoms. The molecule has 0 saturated heterocycles. The van der Waals surface area contributed by atoms with E-state index in [0.717, 1.165) is 11.5 Å². The van der Waals surface area contributed by atoms with Crippen LogP contribution in [-0.4, -0.2) is 12.4 Å². The van der Waals surface area contributed by atoms with Crippen molar-refractivity contribution in [3.05, 3.63) is 71.8 Å². The molecule has 84 valence electrons. The van der Waals surface area contributed by atoms with Crippen molar-refractivity contribution < 1.29 is 4.74 Å². The first-order chi connectivity index (χ1) is 8.43. The summed E-state index contributed by atoms with van der Waals surface area (Å²) in [7, 11) is 0. The van der Waals surface area contributed by atoms with Gasteiger partial charge < -0.3 is 4.74 Å². The molecule has 1 atom stereocenters. The van der Waals surface area contributed by atoms with Crippen molar-refractivity contribution in [1.29, 1.82) is 0 Å². The first-order valence-corrected chi connectivity index (χ1v) is 5.75. The standard InChI is InChI=1S/C15H13NO/c1-3-7-12(8-4-1)14-11-16-15(17-14)13-9-5-2-6-10-13/h1-10,14H,11H2/t14-/m1/s1. The summed E-state index contributed by atoms with van der Waals surface area (Å²) in [6, 6.07) is 20.2. The molecule has 0 amide bonds. The van der Waals surface area contributed by atoms with E-state index in [9.17, 15) is 0 Å². The SMILES string of the molecule is c1ccc(C2=NC[C@H](c3ccccc3)O2)cc1. The second kappa shape index (κ2) is 4.42. The number of nitrogens with zero attached hydrogens (tertiary/aromatic N) is 1. The Bertz CT molecular complexity index is 519. The minimum atomic E-state index is 0.0615. The molecule has 0 aromatic heterocycles. The van der Waals surface area contributed by atoms with Crippen LogP contribution in [0.5, 0.6) is 0 Å². The molecule has 0 N–H and O–H groups in total. The van der Waals surface area contributed by atoms with Crippen LogP contribution in [0.1, 0.15) is 17.2 Å². The highest BCUT2D eigenvalue weighted by molar-refractivity contribution is 5.95. The molecule has 0 radical (unpaired) electrons. The van der Waals surface area contributed by atoms with E-state index in [2.05, 4.69) is 17.1 Å². The predicted molar refractivity (Wildman–Crippen MR) is 68.1 cm³/mol. The third-order valence-electron chi connectivity index (χ3n) is 2.85. The van der Waals surface area contributed by atoms with Gasteiger partial charge in [-0.05, 0) is 17.7 Å². The normalized spacial score (nSPS) is 18.6.